The molecular weight excluding hydrogens is 206 g/mol. The summed E-state index contributed by atoms with van der Waals surface area (Å²) in [6.07, 6.45) is 4.99. The van der Waals surface area contributed by atoms with Gasteiger partial charge < -0.3 is 14.6 Å². The van der Waals surface area contributed by atoms with Crippen molar-refractivity contribution in [2.45, 2.75) is 44.3 Å². The van der Waals surface area contributed by atoms with Crippen molar-refractivity contribution in [3.05, 3.63) is 11.7 Å². The molecule has 1 aliphatic carbocycles. The lowest BCUT2D eigenvalue weighted by molar-refractivity contribution is 0.0210. The molecule has 5 nitrogen and oxygen atoms in total. The summed E-state index contributed by atoms with van der Waals surface area (Å²) in [5.41, 5.74) is 0. The molecule has 2 fully saturated rings. The van der Waals surface area contributed by atoms with Gasteiger partial charge in [-0.05, 0) is 32.2 Å². The Bertz CT molecular complexity index is 343. The van der Waals surface area contributed by atoms with Gasteiger partial charge in [0.2, 0.25) is 5.89 Å². The predicted octanol–water partition coefficient (Wildman–Crippen LogP) is 1.22. The highest BCUT2D eigenvalue weighted by Gasteiger charge is 2.29. The molecule has 0 radical (unpaired) electrons. The average Bonchev–Trinajstić information content (AvgIpc) is 3.08. The van der Waals surface area contributed by atoms with Crippen LogP contribution in [0.4, 0.5) is 0 Å². The van der Waals surface area contributed by atoms with Crippen molar-refractivity contribution < 1.29 is 9.26 Å². The SMILES string of the molecule is C1CNCC(OCc2noc(C3CC3)n2)C1. The average molecular weight is 223 g/mol. The minimum absolute atomic E-state index is 0.302. The van der Waals surface area contributed by atoms with Gasteiger partial charge in [-0.15, -0.1) is 0 Å². The minimum atomic E-state index is 0.302. The van der Waals surface area contributed by atoms with Gasteiger partial charge in [0.05, 0.1) is 6.10 Å². The Kier molecular flexibility index (Phi) is 2.88. The van der Waals surface area contributed by atoms with Crippen LogP contribution in [-0.4, -0.2) is 29.3 Å². The van der Waals surface area contributed by atoms with E-state index in [2.05, 4.69) is 15.5 Å². The largest absolute Gasteiger partial charge is 0.369 e. The van der Waals surface area contributed by atoms with Gasteiger partial charge in [0.15, 0.2) is 5.82 Å². The van der Waals surface area contributed by atoms with Crippen LogP contribution in [0.1, 0.15) is 43.3 Å². The number of piperidine rings is 1. The Morgan fingerprint density at radius 1 is 1.38 bits per heavy atom. The summed E-state index contributed by atoms with van der Waals surface area (Å²) >= 11 is 0. The van der Waals surface area contributed by atoms with Gasteiger partial charge in [-0.25, -0.2) is 0 Å². The highest BCUT2D eigenvalue weighted by Crippen LogP contribution is 2.38. The van der Waals surface area contributed by atoms with Crippen LogP contribution < -0.4 is 5.32 Å². The third-order valence-corrected chi connectivity index (χ3v) is 3.11. The van der Waals surface area contributed by atoms with E-state index in [4.69, 9.17) is 9.26 Å². The van der Waals surface area contributed by atoms with Crippen molar-refractivity contribution in [2.75, 3.05) is 13.1 Å². The van der Waals surface area contributed by atoms with Gasteiger partial charge in [-0.1, -0.05) is 5.16 Å². The van der Waals surface area contributed by atoms with E-state index >= 15 is 0 Å². The summed E-state index contributed by atoms with van der Waals surface area (Å²) in [5.74, 6) is 2.01. The number of rotatable bonds is 4. The molecule has 1 saturated heterocycles. The van der Waals surface area contributed by atoms with Crippen molar-refractivity contribution in [2.24, 2.45) is 0 Å². The number of nitrogens with zero attached hydrogens (tertiary/aromatic N) is 2. The number of hydrogen-bond donors (Lipinski definition) is 1. The second kappa shape index (κ2) is 4.51. The zero-order valence-electron chi connectivity index (χ0n) is 9.32. The summed E-state index contributed by atoms with van der Waals surface area (Å²) in [6, 6.07) is 0. The van der Waals surface area contributed by atoms with Crippen LogP contribution in [0.15, 0.2) is 4.52 Å². The number of hydrogen-bond acceptors (Lipinski definition) is 5. The Hall–Kier alpha value is -0.940. The van der Waals surface area contributed by atoms with Gasteiger partial charge in [0.25, 0.3) is 0 Å². The maximum Gasteiger partial charge on any atom is 0.229 e. The summed E-state index contributed by atoms with van der Waals surface area (Å²) in [4.78, 5) is 4.33. The smallest absolute Gasteiger partial charge is 0.229 e. The fourth-order valence-corrected chi connectivity index (χ4v) is 1.98. The molecule has 1 N–H and O–H groups in total. The first-order valence-corrected chi connectivity index (χ1v) is 6.06. The summed E-state index contributed by atoms with van der Waals surface area (Å²) in [6.45, 7) is 2.52. The van der Waals surface area contributed by atoms with E-state index in [1.807, 2.05) is 0 Å². The molecule has 1 aromatic rings. The lowest BCUT2D eigenvalue weighted by Crippen LogP contribution is -2.35. The van der Waals surface area contributed by atoms with E-state index in [0.29, 0.717) is 24.5 Å². The second-order valence-electron chi connectivity index (χ2n) is 4.60. The molecule has 1 unspecified atom stereocenters. The monoisotopic (exact) mass is 223 g/mol. The summed E-state index contributed by atoms with van der Waals surface area (Å²) in [7, 11) is 0. The van der Waals surface area contributed by atoms with Crippen LogP contribution in [0.25, 0.3) is 0 Å². The lowest BCUT2D eigenvalue weighted by Gasteiger charge is -2.22. The Labute approximate surface area is 94.6 Å². The summed E-state index contributed by atoms with van der Waals surface area (Å²) in [5, 5.41) is 7.25. The van der Waals surface area contributed by atoms with E-state index in [1.165, 1.54) is 19.3 Å². The molecule has 5 heteroatoms. The quantitative estimate of drug-likeness (QED) is 0.831. The maximum atomic E-state index is 5.73. The second-order valence-corrected chi connectivity index (χ2v) is 4.60. The fourth-order valence-electron chi connectivity index (χ4n) is 1.98. The molecule has 0 spiro atoms. The van der Waals surface area contributed by atoms with Crippen molar-refractivity contribution in [3.63, 3.8) is 0 Å². The van der Waals surface area contributed by atoms with Crippen molar-refractivity contribution in [1.82, 2.24) is 15.5 Å². The molecule has 1 saturated carbocycles. The first kappa shape index (κ1) is 10.2. The third-order valence-electron chi connectivity index (χ3n) is 3.11. The van der Waals surface area contributed by atoms with Gasteiger partial charge in [0, 0.05) is 12.5 Å². The van der Waals surface area contributed by atoms with E-state index in [1.54, 1.807) is 0 Å². The van der Waals surface area contributed by atoms with Crippen LogP contribution in [0.3, 0.4) is 0 Å². The van der Waals surface area contributed by atoms with Crippen molar-refractivity contribution in [1.29, 1.82) is 0 Å². The first-order chi connectivity index (χ1) is 7.92. The molecule has 1 aliphatic heterocycles. The zero-order chi connectivity index (χ0) is 10.8. The number of ether oxygens (including phenoxy) is 1. The summed E-state index contributed by atoms with van der Waals surface area (Å²) < 4.78 is 10.9. The Morgan fingerprint density at radius 2 is 2.31 bits per heavy atom. The van der Waals surface area contributed by atoms with E-state index in [-0.39, 0.29) is 0 Å². The van der Waals surface area contributed by atoms with Gasteiger partial charge >= 0.3 is 0 Å². The van der Waals surface area contributed by atoms with Crippen molar-refractivity contribution >= 4 is 0 Å². The molecule has 0 bridgehead atoms. The molecule has 2 heterocycles. The fraction of sp³-hybridized carbons (Fsp3) is 0.818. The maximum absolute atomic E-state index is 5.73. The number of nitrogens with one attached hydrogen (secondary N) is 1. The van der Waals surface area contributed by atoms with Crippen molar-refractivity contribution in [3.8, 4) is 0 Å². The zero-order valence-corrected chi connectivity index (χ0v) is 9.32. The highest BCUT2D eigenvalue weighted by molar-refractivity contribution is 5.01. The molecule has 88 valence electrons. The predicted molar refractivity (Wildman–Crippen MR) is 57.0 cm³/mol. The van der Waals surface area contributed by atoms with Gasteiger partial charge in [0.1, 0.15) is 6.61 Å². The molecular formula is C11H17N3O2. The Balaban J connectivity index is 1.49. The topological polar surface area (TPSA) is 60.2 Å². The van der Waals surface area contributed by atoms with E-state index in [9.17, 15) is 0 Å². The van der Waals surface area contributed by atoms with E-state index in [0.717, 1.165) is 25.4 Å². The molecule has 1 aromatic heterocycles. The first-order valence-electron chi connectivity index (χ1n) is 6.06. The van der Waals surface area contributed by atoms with Crippen LogP contribution in [0.2, 0.25) is 0 Å². The van der Waals surface area contributed by atoms with Crippen LogP contribution in [0, 0.1) is 0 Å². The van der Waals surface area contributed by atoms with Gasteiger partial charge in [-0.3, -0.25) is 0 Å². The molecule has 16 heavy (non-hydrogen) atoms. The number of aromatic nitrogens is 2. The minimum Gasteiger partial charge on any atom is -0.369 e. The third kappa shape index (κ3) is 2.41. The van der Waals surface area contributed by atoms with Crippen LogP contribution >= 0.6 is 0 Å². The molecule has 3 rings (SSSR count). The molecule has 0 aromatic carbocycles. The molecule has 1 atom stereocenters. The normalized spacial score (nSPS) is 25.9. The molecule has 2 aliphatic rings. The lowest BCUT2D eigenvalue weighted by atomic mass is 10.1. The van der Waals surface area contributed by atoms with E-state index < -0.39 is 0 Å². The Morgan fingerprint density at radius 3 is 3.06 bits per heavy atom. The van der Waals surface area contributed by atoms with Crippen LogP contribution in [0.5, 0.6) is 0 Å². The standard InChI is InChI=1S/C11H17N3O2/c1-2-9(6-12-5-1)15-7-10-13-11(16-14-10)8-3-4-8/h8-9,12H,1-7H2. The van der Waals surface area contributed by atoms with Gasteiger partial charge in [-0.2, -0.15) is 4.98 Å². The highest BCUT2D eigenvalue weighted by atomic mass is 16.5. The van der Waals surface area contributed by atoms with Crippen LogP contribution in [-0.2, 0) is 11.3 Å². The molecule has 0 amide bonds.